The zero-order chi connectivity index (χ0) is 22.6. The number of rotatable bonds is 2. The summed E-state index contributed by atoms with van der Waals surface area (Å²) in [7, 11) is 0. The van der Waals surface area contributed by atoms with Gasteiger partial charge in [-0.3, -0.25) is 0 Å². The van der Waals surface area contributed by atoms with E-state index in [2.05, 4.69) is 133 Å². The zero-order valence-corrected chi connectivity index (χ0v) is 19.0. The van der Waals surface area contributed by atoms with E-state index >= 15 is 0 Å². The van der Waals surface area contributed by atoms with Gasteiger partial charge in [-0.05, 0) is 69.4 Å². The maximum absolute atomic E-state index is 2.40. The predicted molar refractivity (Wildman–Crippen MR) is 146 cm³/mol. The number of nitrogens with zero attached hydrogens (tertiary/aromatic N) is 1. The number of aryl methyl sites for hydroxylation is 1. The fourth-order valence-electron chi connectivity index (χ4n) is 5.56. The molecule has 1 heterocycles. The minimum Gasteiger partial charge on any atom is -0.309 e. The van der Waals surface area contributed by atoms with Crippen LogP contribution in [0.5, 0.6) is 0 Å². The Morgan fingerprint density at radius 3 is 1.88 bits per heavy atom. The van der Waals surface area contributed by atoms with Crippen molar-refractivity contribution in [3.63, 3.8) is 0 Å². The van der Waals surface area contributed by atoms with Crippen LogP contribution in [0.15, 0.2) is 121 Å². The number of aromatic nitrogens is 1. The molecule has 0 aliphatic rings. The van der Waals surface area contributed by atoms with Crippen molar-refractivity contribution in [1.82, 2.24) is 4.57 Å². The fraction of sp³-hybridized carbons (Fsp3) is 0.0303. The summed E-state index contributed by atoms with van der Waals surface area (Å²) in [5.41, 5.74) is 7.54. The second-order valence-corrected chi connectivity index (χ2v) is 9.06. The molecular formula is C33H23N. The molecule has 0 N–H and O–H groups in total. The number of hydrogen-bond donors (Lipinski definition) is 0. The van der Waals surface area contributed by atoms with E-state index in [1.165, 1.54) is 65.7 Å². The molecule has 0 atom stereocenters. The van der Waals surface area contributed by atoms with E-state index in [0.29, 0.717) is 0 Å². The van der Waals surface area contributed by atoms with Crippen molar-refractivity contribution in [1.29, 1.82) is 0 Å². The summed E-state index contributed by atoms with van der Waals surface area (Å²) >= 11 is 0. The Bertz CT molecular complexity index is 1850. The average Bonchev–Trinajstić information content (AvgIpc) is 3.24. The highest BCUT2D eigenvalue weighted by Gasteiger charge is 2.15. The molecule has 6 aromatic carbocycles. The molecule has 1 heteroatoms. The largest absolute Gasteiger partial charge is 0.309 e. The van der Waals surface area contributed by atoms with Crippen LogP contribution in [-0.4, -0.2) is 4.57 Å². The summed E-state index contributed by atoms with van der Waals surface area (Å²) < 4.78 is 2.40. The third-order valence-electron chi connectivity index (χ3n) is 7.11. The monoisotopic (exact) mass is 433 g/mol. The molecule has 34 heavy (non-hydrogen) atoms. The van der Waals surface area contributed by atoms with E-state index in [9.17, 15) is 0 Å². The Morgan fingerprint density at radius 1 is 0.471 bits per heavy atom. The predicted octanol–water partition coefficient (Wildman–Crippen LogP) is 9.07. The summed E-state index contributed by atoms with van der Waals surface area (Å²) in [4.78, 5) is 0. The Hall–Kier alpha value is -4.36. The third-order valence-corrected chi connectivity index (χ3v) is 7.11. The minimum atomic E-state index is 1.18. The first kappa shape index (κ1) is 19.1. The highest BCUT2D eigenvalue weighted by Crippen LogP contribution is 2.38. The fourth-order valence-corrected chi connectivity index (χ4v) is 5.56. The quantitative estimate of drug-likeness (QED) is 0.256. The number of fused-ring (bicyclic) bond motifs is 6. The SMILES string of the molecule is Cc1ccc2ccccc2c1-c1ccc(-n2c3ccccc3c3c4ccccc4ccc32)cc1. The van der Waals surface area contributed by atoms with Gasteiger partial charge in [0.2, 0.25) is 0 Å². The molecule has 7 aromatic rings. The summed E-state index contributed by atoms with van der Waals surface area (Å²) in [6.07, 6.45) is 0. The molecule has 0 radical (unpaired) electrons. The summed E-state index contributed by atoms with van der Waals surface area (Å²) in [5, 5.41) is 7.78. The lowest BCUT2D eigenvalue weighted by Crippen LogP contribution is -1.94. The zero-order valence-electron chi connectivity index (χ0n) is 19.0. The van der Waals surface area contributed by atoms with Crippen LogP contribution >= 0.6 is 0 Å². The lowest BCUT2D eigenvalue weighted by atomic mass is 9.94. The molecule has 0 fully saturated rings. The molecule has 1 nitrogen and oxygen atoms in total. The van der Waals surface area contributed by atoms with Crippen LogP contribution in [0.25, 0.3) is 60.2 Å². The summed E-state index contributed by atoms with van der Waals surface area (Å²) in [6.45, 7) is 2.20. The van der Waals surface area contributed by atoms with Gasteiger partial charge in [-0.25, -0.2) is 0 Å². The van der Waals surface area contributed by atoms with Crippen LogP contribution in [0.3, 0.4) is 0 Å². The molecule has 7 rings (SSSR count). The first-order valence-corrected chi connectivity index (χ1v) is 11.8. The first-order chi connectivity index (χ1) is 16.8. The highest BCUT2D eigenvalue weighted by molar-refractivity contribution is 6.21. The van der Waals surface area contributed by atoms with Crippen molar-refractivity contribution in [3.05, 3.63) is 127 Å². The van der Waals surface area contributed by atoms with Crippen LogP contribution in [0.2, 0.25) is 0 Å². The Morgan fingerprint density at radius 2 is 1.09 bits per heavy atom. The van der Waals surface area contributed by atoms with E-state index in [1.807, 2.05) is 0 Å². The standard InChI is InChI=1S/C33H23N/c1-22-14-15-23-8-2-4-10-27(23)32(22)25-16-19-26(20-17-25)34-30-13-7-6-12-29(30)33-28-11-5-3-9-24(28)18-21-31(33)34/h2-21H,1H3. The first-order valence-electron chi connectivity index (χ1n) is 11.8. The van der Waals surface area contributed by atoms with Crippen LogP contribution in [-0.2, 0) is 0 Å². The van der Waals surface area contributed by atoms with E-state index in [1.54, 1.807) is 0 Å². The van der Waals surface area contributed by atoms with E-state index in [4.69, 9.17) is 0 Å². The highest BCUT2D eigenvalue weighted by atomic mass is 15.0. The second kappa shape index (κ2) is 7.33. The van der Waals surface area contributed by atoms with Gasteiger partial charge in [0.25, 0.3) is 0 Å². The van der Waals surface area contributed by atoms with Crippen molar-refractivity contribution in [2.45, 2.75) is 6.92 Å². The average molecular weight is 434 g/mol. The molecule has 0 bridgehead atoms. The van der Waals surface area contributed by atoms with Crippen molar-refractivity contribution >= 4 is 43.4 Å². The Kier molecular flexibility index (Phi) is 4.13. The number of benzene rings is 6. The van der Waals surface area contributed by atoms with Crippen molar-refractivity contribution < 1.29 is 0 Å². The molecule has 0 saturated carbocycles. The van der Waals surface area contributed by atoms with Gasteiger partial charge in [-0.1, -0.05) is 97.1 Å². The molecule has 1 aromatic heterocycles. The molecule has 0 aliphatic heterocycles. The van der Waals surface area contributed by atoms with Crippen molar-refractivity contribution in [2.75, 3.05) is 0 Å². The topological polar surface area (TPSA) is 4.93 Å². The molecular weight excluding hydrogens is 410 g/mol. The summed E-state index contributed by atoms with van der Waals surface area (Å²) in [5.74, 6) is 0. The number of para-hydroxylation sites is 1. The van der Waals surface area contributed by atoms with Crippen molar-refractivity contribution in [3.8, 4) is 16.8 Å². The van der Waals surface area contributed by atoms with Crippen LogP contribution < -0.4 is 0 Å². The Labute approximate surface area is 198 Å². The molecule has 160 valence electrons. The lowest BCUT2D eigenvalue weighted by Gasteiger charge is -2.13. The van der Waals surface area contributed by atoms with Gasteiger partial charge in [-0.2, -0.15) is 0 Å². The lowest BCUT2D eigenvalue weighted by molar-refractivity contribution is 1.18. The van der Waals surface area contributed by atoms with Gasteiger partial charge in [0.1, 0.15) is 0 Å². The van der Waals surface area contributed by atoms with E-state index < -0.39 is 0 Å². The molecule has 0 saturated heterocycles. The van der Waals surface area contributed by atoms with E-state index in [0.717, 1.165) is 0 Å². The van der Waals surface area contributed by atoms with E-state index in [-0.39, 0.29) is 0 Å². The van der Waals surface area contributed by atoms with Gasteiger partial charge >= 0.3 is 0 Å². The molecule has 0 spiro atoms. The van der Waals surface area contributed by atoms with Gasteiger partial charge in [0.15, 0.2) is 0 Å². The van der Waals surface area contributed by atoms with Crippen LogP contribution in [0.4, 0.5) is 0 Å². The maximum atomic E-state index is 2.40. The second-order valence-electron chi connectivity index (χ2n) is 9.06. The van der Waals surface area contributed by atoms with Gasteiger partial charge in [-0.15, -0.1) is 0 Å². The third kappa shape index (κ3) is 2.74. The normalized spacial score (nSPS) is 11.7. The minimum absolute atomic E-state index is 1.18. The van der Waals surface area contributed by atoms with Crippen LogP contribution in [0.1, 0.15) is 5.56 Å². The maximum Gasteiger partial charge on any atom is 0.0547 e. The molecule has 0 aliphatic carbocycles. The molecule has 0 unspecified atom stereocenters. The van der Waals surface area contributed by atoms with Gasteiger partial charge in [0.05, 0.1) is 11.0 Å². The molecule has 0 amide bonds. The van der Waals surface area contributed by atoms with Crippen LogP contribution in [0, 0.1) is 6.92 Å². The number of hydrogen-bond acceptors (Lipinski definition) is 0. The smallest absolute Gasteiger partial charge is 0.0547 e. The van der Waals surface area contributed by atoms with Gasteiger partial charge < -0.3 is 4.57 Å². The summed E-state index contributed by atoms with van der Waals surface area (Å²) in [6, 6.07) is 44.1. The van der Waals surface area contributed by atoms with Crippen molar-refractivity contribution in [2.24, 2.45) is 0 Å². The van der Waals surface area contributed by atoms with Gasteiger partial charge in [0, 0.05) is 16.5 Å². The Balaban J connectivity index is 1.47.